The molecule has 0 fully saturated rings. The quantitative estimate of drug-likeness (QED) is 0.879. The van der Waals surface area contributed by atoms with Crippen molar-refractivity contribution in [1.29, 1.82) is 0 Å². The van der Waals surface area contributed by atoms with Gasteiger partial charge in [0.1, 0.15) is 0 Å². The van der Waals surface area contributed by atoms with E-state index in [1.54, 1.807) is 30.0 Å². The van der Waals surface area contributed by atoms with Crippen molar-refractivity contribution < 1.29 is 9.90 Å². The molecule has 2 aromatic rings. The van der Waals surface area contributed by atoms with E-state index in [0.29, 0.717) is 11.5 Å². The third-order valence-corrected chi connectivity index (χ3v) is 3.86. The highest BCUT2D eigenvalue weighted by Crippen LogP contribution is 2.29. The van der Waals surface area contributed by atoms with Gasteiger partial charge in [-0.3, -0.25) is 0 Å². The van der Waals surface area contributed by atoms with Crippen LogP contribution in [0.3, 0.4) is 0 Å². The lowest BCUT2D eigenvalue weighted by Gasteiger charge is -2.07. The number of hydrogen-bond donors (Lipinski definition) is 1. The maximum Gasteiger partial charge on any atom is 0.335 e. The third kappa shape index (κ3) is 3.61. The molecule has 0 saturated heterocycles. The maximum atomic E-state index is 10.9. The average molecular weight is 272 g/mol. The maximum absolute atomic E-state index is 10.9. The van der Waals surface area contributed by atoms with Crippen LogP contribution in [0.1, 0.15) is 35.7 Å². The zero-order chi connectivity index (χ0) is 13.8. The molecule has 19 heavy (non-hydrogen) atoms. The lowest BCUT2D eigenvalue weighted by Crippen LogP contribution is -1.95. The number of benzene rings is 2. The second-order valence-corrected chi connectivity index (χ2v) is 5.81. The zero-order valence-corrected chi connectivity index (χ0v) is 11.8. The molecule has 2 rings (SSSR count). The lowest BCUT2D eigenvalue weighted by molar-refractivity contribution is 0.0696. The molecule has 0 aromatic heterocycles. The molecule has 0 aliphatic carbocycles. The standard InChI is InChI=1S/C16H16O2S/c1-11(2)12-6-8-14(9-7-12)19-15-5-3-4-13(10-15)16(17)18/h3-11H,1-2H3,(H,17,18). The van der Waals surface area contributed by atoms with Crippen molar-refractivity contribution in [3.05, 3.63) is 59.7 Å². The van der Waals surface area contributed by atoms with Crippen LogP contribution in [-0.2, 0) is 0 Å². The normalized spacial score (nSPS) is 10.7. The van der Waals surface area contributed by atoms with Gasteiger partial charge in [0.25, 0.3) is 0 Å². The summed E-state index contributed by atoms with van der Waals surface area (Å²) in [5, 5.41) is 8.96. The summed E-state index contributed by atoms with van der Waals surface area (Å²) in [6.45, 7) is 4.33. The van der Waals surface area contributed by atoms with Gasteiger partial charge in [0.2, 0.25) is 0 Å². The topological polar surface area (TPSA) is 37.3 Å². The first-order chi connectivity index (χ1) is 9.06. The number of carboxylic acids is 1. The van der Waals surface area contributed by atoms with Crippen molar-refractivity contribution in [2.45, 2.75) is 29.6 Å². The summed E-state index contributed by atoms with van der Waals surface area (Å²) in [6, 6.07) is 15.4. The molecular weight excluding hydrogens is 256 g/mol. The minimum Gasteiger partial charge on any atom is -0.478 e. The first kappa shape index (κ1) is 13.7. The number of carboxylic acid groups (broad SMARTS) is 1. The van der Waals surface area contributed by atoms with E-state index in [9.17, 15) is 4.79 Å². The fourth-order valence-electron chi connectivity index (χ4n) is 1.75. The SMILES string of the molecule is CC(C)c1ccc(Sc2cccc(C(=O)O)c2)cc1. The molecule has 2 nitrogen and oxygen atoms in total. The molecule has 0 bridgehead atoms. The molecule has 0 atom stereocenters. The number of hydrogen-bond acceptors (Lipinski definition) is 2. The number of aromatic carboxylic acids is 1. The summed E-state index contributed by atoms with van der Waals surface area (Å²) >= 11 is 1.58. The summed E-state index contributed by atoms with van der Waals surface area (Å²) in [4.78, 5) is 13.0. The van der Waals surface area contributed by atoms with Crippen molar-refractivity contribution in [3.63, 3.8) is 0 Å². The first-order valence-electron chi connectivity index (χ1n) is 6.17. The van der Waals surface area contributed by atoms with Crippen LogP contribution in [0.5, 0.6) is 0 Å². The van der Waals surface area contributed by atoms with Gasteiger partial charge < -0.3 is 5.11 Å². The number of carbonyl (C=O) groups is 1. The van der Waals surface area contributed by atoms with Crippen molar-refractivity contribution in [2.24, 2.45) is 0 Å². The summed E-state index contributed by atoms with van der Waals surface area (Å²) in [6.07, 6.45) is 0. The molecule has 2 aromatic carbocycles. The average Bonchev–Trinajstić information content (AvgIpc) is 2.39. The Morgan fingerprint density at radius 1 is 1.05 bits per heavy atom. The molecule has 0 radical (unpaired) electrons. The summed E-state index contributed by atoms with van der Waals surface area (Å²) in [7, 11) is 0. The molecule has 1 N–H and O–H groups in total. The summed E-state index contributed by atoms with van der Waals surface area (Å²) in [5.41, 5.74) is 1.63. The van der Waals surface area contributed by atoms with E-state index < -0.39 is 5.97 Å². The van der Waals surface area contributed by atoms with E-state index in [0.717, 1.165) is 9.79 Å². The van der Waals surface area contributed by atoms with Gasteiger partial charge in [0.05, 0.1) is 5.56 Å². The van der Waals surface area contributed by atoms with Crippen molar-refractivity contribution in [2.75, 3.05) is 0 Å². The van der Waals surface area contributed by atoms with E-state index in [2.05, 4.69) is 38.1 Å². The monoisotopic (exact) mass is 272 g/mol. The van der Waals surface area contributed by atoms with Crippen molar-refractivity contribution >= 4 is 17.7 Å². The Labute approximate surface area is 117 Å². The van der Waals surface area contributed by atoms with Crippen LogP contribution in [0.15, 0.2) is 58.3 Å². The van der Waals surface area contributed by atoms with Crippen LogP contribution >= 0.6 is 11.8 Å². The van der Waals surface area contributed by atoms with E-state index in [1.807, 2.05) is 6.07 Å². The van der Waals surface area contributed by atoms with E-state index in [4.69, 9.17) is 5.11 Å². The molecule has 0 unspecified atom stereocenters. The van der Waals surface area contributed by atoms with Crippen molar-refractivity contribution in [1.82, 2.24) is 0 Å². The molecule has 3 heteroatoms. The Morgan fingerprint density at radius 2 is 1.74 bits per heavy atom. The fourth-order valence-corrected chi connectivity index (χ4v) is 2.63. The Bertz CT molecular complexity index is 574. The van der Waals surface area contributed by atoms with Crippen LogP contribution in [0.2, 0.25) is 0 Å². The van der Waals surface area contributed by atoms with Gasteiger partial charge in [-0.25, -0.2) is 4.79 Å². The molecule has 0 heterocycles. The van der Waals surface area contributed by atoms with Gasteiger partial charge in [-0.2, -0.15) is 0 Å². The fraction of sp³-hybridized carbons (Fsp3) is 0.188. The lowest BCUT2D eigenvalue weighted by atomic mass is 10.0. The Morgan fingerprint density at radius 3 is 2.32 bits per heavy atom. The Balaban J connectivity index is 2.16. The number of rotatable bonds is 4. The Kier molecular flexibility index (Phi) is 4.27. The van der Waals surface area contributed by atoms with Crippen LogP contribution in [0, 0.1) is 0 Å². The van der Waals surface area contributed by atoms with E-state index in [-0.39, 0.29) is 0 Å². The second-order valence-electron chi connectivity index (χ2n) is 4.66. The largest absolute Gasteiger partial charge is 0.478 e. The van der Waals surface area contributed by atoms with Crippen molar-refractivity contribution in [3.8, 4) is 0 Å². The smallest absolute Gasteiger partial charge is 0.335 e. The van der Waals surface area contributed by atoms with Gasteiger partial charge in [-0.05, 0) is 41.8 Å². The van der Waals surface area contributed by atoms with E-state index in [1.165, 1.54) is 5.56 Å². The van der Waals surface area contributed by atoms with Crippen LogP contribution in [-0.4, -0.2) is 11.1 Å². The molecule has 0 aliphatic rings. The van der Waals surface area contributed by atoms with Gasteiger partial charge in [0, 0.05) is 9.79 Å². The van der Waals surface area contributed by atoms with Gasteiger partial charge in [-0.1, -0.05) is 43.8 Å². The molecule has 0 spiro atoms. The van der Waals surface area contributed by atoms with Crippen LogP contribution < -0.4 is 0 Å². The molecule has 98 valence electrons. The summed E-state index contributed by atoms with van der Waals surface area (Å²) in [5.74, 6) is -0.369. The minimum atomic E-state index is -0.891. The van der Waals surface area contributed by atoms with Crippen LogP contribution in [0.4, 0.5) is 0 Å². The highest BCUT2D eigenvalue weighted by atomic mass is 32.2. The highest BCUT2D eigenvalue weighted by Gasteiger charge is 2.05. The zero-order valence-electron chi connectivity index (χ0n) is 11.0. The third-order valence-electron chi connectivity index (χ3n) is 2.86. The predicted molar refractivity (Wildman–Crippen MR) is 78.1 cm³/mol. The van der Waals surface area contributed by atoms with Gasteiger partial charge >= 0.3 is 5.97 Å². The van der Waals surface area contributed by atoms with E-state index >= 15 is 0 Å². The van der Waals surface area contributed by atoms with Gasteiger partial charge in [0.15, 0.2) is 0 Å². The molecular formula is C16H16O2S. The van der Waals surface area contributed by atoms with Gasteiger partial charge in [-0.15, -0.1) is 0 Å². The Hall–Kier alpha value is -1.74. The molecule has 0 saturated carbocycles. The highest BCUT2D eigenvalue weighted by molar-refractivity contribution is 7.99. The summed E-state index contributed by atoms with van der Waals surface area (Å²) < 4.78 is 0. The first-order valence-corrected chi connectivity index (χ1v) is 6.99. The second kappa shape index (κ2) is 5.93. The molecule has 0 amide bonds. The predicted octanol–water partition coefficient (Wildman–Crippen LogP) is 4.66. The molecule has 0 aliphatic heterocycles. The minimum absolute atomic E-state index is 0.323. The van der Waals surface area contributed by atoms with Crippen LogP contribution in [0.25, 0.3) is 0 Å².